The van der Waals surface area contributed by atoms with Crippen LogP contribution in [0.4, 0.5) is 0 Å². The van der Waals surface area contributed by atoms with E-state index in [9.17, 15) is 4.79 Å². The van der Waals surface area contributed by atoms with E-state index in [-0.39, 0.29) is 24.2 Å². The highest BCUT2D eigenvalue weighted by Gasteiger charge is 2.36. The Morgan fingerprint density at radius 2 is 2.20 bits per heavy atom. The molecule has 0 saturated heterocycles. The Balaban J connectivity index is 2.64. The summed E-state index contributed by atoms with van der Waals surface area (Å²) >= 11 is 0. The van der Waals surface area contributed by atoms with Crippen LogP contribution in [0, 0.1) is 17.8 Å². The second kappa shape index (κ2) is 2.70. The Hall–Kier alpha value is -0.370. The molecule has 0 spiro atoms. The normalized spacial score (nSPS) is 40.7. The van der Waals surface area contributed by atoms with Gasteiger partial charge in [-0.05, 0) is 12.3 Å². The molecule has 0 radical (unpaired) electrons. The van der Waals surface area contributed by atoms with Crippen LogP contribution < -0.4 is 0 Å². The van der Waals surface area contributed by atoms with Crippen LogP contribution in [0.3, 0.4) is 0 Å². The zero-order valence-electron chi connectivity index (χ0n) is 6.50. The Bertz CT molecular complexity index is 142. The maximum Gasteiger partial charge on any atom is 0.141 e. The summed E-state index contributed by atoms with van der Waals surface area (Å²) < 4.78 is 0. The van der Waals surface area contributed by atoms with Crippen molar-refractivity contribution in [3.63, 3.8) is 0 Å². The van der Waals surface area contributed by atoms with Gasteiger partial charge in [0.2, 0.25) is 0 Å². The van der Waals surface area contributed by atoms with Crippen molar-refractivity contribution >= 4 is 5.78 Å². The van der Waals surface area contributed by atoms with Crippen LogP contribution in [0.1, 0.15) is 20.3 Å². The van der Waals surface area contributed by atoms with Crippen molar-refractivity contribution in [3.05, 3.63) is 0 Å². The number of hydrogen-bond acceptors (Lipinski definition) is 2. The Kier molecular flexibility index (Phi) is 2.09. The van der Waals surface area contributed by atoms with E-state index in [4.69, 9.17) is 5.11 Å². The van der Waals surface area contributed by atoms with E-state index in [2.05, 4.69) is 0 Å². The van der Waals surface area contributed by atoms with Gasteiger partial charge in [-0.25, -0.2) is 0 Å². The highest BCUT2D eigenvalue weighted by Crippen LogP contribution is 2.31. The third-order valence-electron chi connectivity index (χ3n) is 2.46. The molecule has 58 valence electrons. The smallest absolute Gasteiger partial charge is 0.141 e. The summed E-state index contributed by atoms with van der Waals surface area (Å²) in [6.07, 6.45) is 0.948. The number of aliphatic hydroxyl groups excluding tert-OH is 1. The molecule has 1 N–H and O–H groups in total. The standard InChI is InChI=1S/C8H14O2/c1-5-3-6(2)8(10)7(5)4-9/h5-7,9H,3-4H2,1-2H3. The molecule has 3 atom stereocenters. The first-order valence-electron chi connectivity index (χ1n) is 3.81. The molecule has 3 unspecified atom stereocenters. The highest BCUT2D eigenvalue weighted by atomic mass is 16.3. The first-order valence-corrected chi connectivity index (χ1v) is 3.81. The summed E-state index contributed by atoms with van der Waals surface area (Å²) in [7, 11) is 0. The molecule has 1 aliphatic carbocycles. The minimum atomic E-state index is -0.0741. The second-order valence-electron chi connectivity index (χ2n) is 3.31. The van der Waals surface area contributed by atoms with Crippen LogP contribution in [0.25, 0.3) is 0 Å². The van der Waals surface area contributed by atoms with Crippen LogP contribution in [-0.4, -0.2) is 17.5 Å². The lowest BCUT2D eigenvalue weighted by atomic mass is 9.99. The molecule has 1 saturated carbocycles. The number of carbonyl (C=O) groups excluding carboxylic acids is 1. The minimum absolute atomic E-state index is 0.0321. The average molecular weight is 142 g/mol. The predicted molar refractivity (Wildman–Crippen MR) is 38.5 cm³/mol. The maximum absolute atomic E-state index is 11.2. The van der Waals surface area contributed by atoms with Crippen molar-refractivity contribution in [2.75, 3.05) is 6.61 Å². The van der Waals surface area contributed by atoms with Gasteiger partial charge in [0, 0.05) is 11.8 Å². The number of Topliss-reactive ketones (excluding diaryl/α,β-unsaturated/α-hetero) is 1. The number of aliphatic hydroxyl groups is 1. The fourth-order valence-corrected chi connectivity index (χ4v) is 1.75. The average Bonchev–Trinajstić information content (AvgIpc) is 2.09. The topological polar surface area (TPSA) is 37.3 Å². The predicted octanol–water partition coefficient (Wildman–Crippen LogP) is 0.840. The molecule has 0 aromatic heterocycles. The van der Waals surface area contributed by atoms with Crippen molar-refractivity contribution in [2.45, 2.75) is 20.3 Å². The number of carbonyl (C=O) groups is 1. The van der Waals surface area contributed by atoms with E-state index in [1.54, 1.807) is 0 Å². The van der Waals surface area contributed by atoms with E-state index in [0.717, 1.165) is 6.42 Å². The second-order valence-corrected chi connectivity index (χ2v) is 3.31. The van der Waals surface area contributed by atoms with Crippen molar-refractivity contribution in [3.8, 4) is 0 Å². The quantitative estimate of drug-likeness (QED) is 0.589. The molecule has 0 heterocycles. The van der Waals surface area contributed by atoms with Crippen LogP contribution in [0.15, 0.2) is 0 Å². The van der Waals surface area contributed by atoms with Gasteiger partial charge in [-0.3, -0.25) is 4.79 Å². The van der Waals surface area contributed by atoms with Crippen molar-refractivity contribution < 1.29 is 9.90 Å². The molecule has 0 aromatic carbocycles. The Morgan fingerprint density at radius 3 is 2.40 bits per heavy atom. The SMILES string of the molecule is CC1CC(C)C(CO)C1=O. The molecule has 1 aliphatic rings. The van der Waals surface area contributed by atoms with Gasteiger partial charge >= 0.3 is 0 Å². The van der Waals surface area contributed by atoms with Gasteiger partial charge < -0.3 is 5.11 Å². The van der Waals surface area contributed by atoms with Crippen LogP contribution >= 0.6 is 0 Å². The summed E-state index contributed by atoms with van der Waals surface area (Å²) in [4.78, 5) is 11.2. The number of rotatable bonds is 1. The van der Waals surface area contributed by atoms with Crippen molar-refractivity contribution in [1.82, 2.24) is 0 Å². The molecule has 1 rings (SSSR count). The van der Waals surface area contributed by atoms with Gasteiger partial charge in [-0.1, -0.05) is 13.8 Å². The van der Waals surface area contributed by atoms with Crippen molar-refractivity contribution in [2.24, 2.45) is 17.8 Å². The van der Waals surface area contributed by atoms with E-state index in [0.29, 0.717) is 5.92 Å². The molecule has 10 heavy (non-hydrogen) atoms. The van der Waals surface area contributed by atoms with Crippen LogP contribution in [0.5, 0.6) is 0 Å². The van der Waals surface area contributed by atoms with Gasteiger partial charge in [0.25, 0.3) is 0 Å². The van der Waals surface area contributed by atoms with Gasteiger partial charge in [-0.15, -0.1) is 0 Å². The third-order valence-corrected chi connectivity index (χ3v) is 2.46. The van der Waals surface area contributed by atoms with Crippen LogP contribution in [0.2, 0.25) is 0 Å². The molecule has 0 aromatic rings. The summed E-state index contributed by atoms with van der Waals surface area (Å²) in [6.45, 7) is 4.00. The monoisotopic (exact) mass is 142 g/mol. The summed E-state index contributed by atoms with van der Waals surface area (Å²) in [5.74, 6) is 0.727. The lowest BCUT2D eigenvalue weighted by Crippen LogP contribution is -2.18. The molecule has 0 bridgehead atoms. The van der Waals surface area contributed by atoms with Crippen LogP contribution in [-0.2, 0) is 4.79 Å². The van der Waals surface area contributed by atoms with E-state index < -0.39 is 0 Å². The number of hydrogen-bond donors (Lipinski definition) is 1. The first-order chi connectivity index (χ1) is 4.66. The molecule has 0 amide bonds. The molecule has 2 nitrogen and oxygen atoms in total. The Morgan fingerprint density at radius 1 is 1.60 bits per heavy atom. The highest BCUT2D eigenvalue weighted by molar-refractivity contribution is 5.85. The Labute approximate surface area is 61.2 Å². The van der Waals surface area contributed by atoms with Gasteiger partial charge in [0.1, 0.15) is 5.78 Å². The first kappa shape index (κ1) is 7.73. The summed E-state index contributed by atoms with van der Waals surface area (Å²) in [6, 6.07) is 0. The largest absolute Gasteiger partial charge is 0.396 e. The molecule has 1 fully saturated rings. The third kappa shape index (κ3) is 1.08. The zero-order chi connectivity index (χ0) is 7.72. The van der Waals surface area contributed by atoms with Crippen molar-refractivity contribution in [1.29, 1.82) is 0 Å². The van der Waals surface area contributed by atoms with E-state index in [1.165, 1.54) is 0 Å². The lowest BCUT2D eigenvalue weighted by molar-refractivity contribution is -0.124. The maximum atomic E-state index is 11.2. The molecular formula is C8H14O2. The van der Waals surface area contributed by atoms with E-state index in [1.807, 2.05) is 13.8 Å². The van der Waals surface area contributed by atoms with Gasteiger partial charge in [0.05, 0.1) is 6.61 Å². The molecule has 0 aliphatic heterocycles. The summed E-state index contributed by atoms with van der Waals surface area (Å²) in [5.41, 5.74) is 0. The minimum Gasteiger partial charge on any atom is -0.396 e. The lowest BCUT2D eigenvalue weighted by Gasteiger charge is -2.08. The fourth-order valence-electron chi connectivity index (χ4n) is 1.75. The van der Waals surface area contributed by atoms with E-state index >= 15 is 0 Å². The fraction of sp³-hybridized carbons (Fsp3) is 0.875. The summed E-state index contributed by atoms with van der Waals surface area (Å²) in [5, 5.41) is 8.80. The molecule has 2 heteroatoms. The van der Waals surface area contributed by atoms with Gasteiger partial charge in [-0.2, -0.15) is 0 Å². The number of ketones is 1. The molecular weight excluding hydrogens is 128 g/mol. The zero-order valence-corrected chi connectivity index (χ0v) is 6.50. The van der Waals surface area contributed by atoms with Gasteiger partial charge in [0.15, 0.2) is 0 Å².